The van der Waals surface area contributed by atoms with Crippen molar-refractivity contribution < 1.29 is 4.79 Å². The molecule has 0 saturated heterocycles. The maximum absolute atomic E-state index is 12.1. The van der Waals surface area contributed by atoms with Gasteiger partial charge in [-0.15, -0.1) is 0 Å². The van der Waals surface area contributed by atoms with Gasteiger partial charge in [-0.05, 0) is 45.0 Å². The quantitative estimate of drug-likeness (QED) is 0.831. The molecule has 16 heavy (non-hydrogen) atoms. The fraction of sp³-hybridized carbons (Fsp3) is 0.462. The number of anilines is 1. The monoisotopic (exact) mass is 220 g/mol. The molecule has 0 unspecified atom stereocenters. The predicted octanol–water partition coefficient (Wildman–Crippen LogP) is 2.60. The van der Waals surface area contributed by atoms with Crippen LogP contribution >= 0.6 is 0 Å². The van der Waals surface area contributed by atoms with Crippen LogP contribution in [0.4, 0.5) is 5.69 Å². The first-order valence-corrected chi connectivity index (χ1v) is 5.42. The molecule has 1 amide bonds. The van der Waals surface area contributed by atoms with Crippen molar-refractivity contribution in [3.8, 4) is 0 Å². The molecule has 1 rings (SSSR count). The van der Waals surface area contributed by atoms with E-state index in [9.17, 15) is 4.79 Å². The zero-order valence-corrected chi connectivity index (χ0v) is 10.7. The smallest absolute Gasteiger partial charge is 0.254 e. The Labute approximate surface area is 97.5 Å². The SMILES string of the molecule is CNc1ccc(C(=O)N(C)C(C)(C)C)cc1. The molecule has 0 aliphatic rings. The number of nitrogens with one attached hydrogen (secondary N) is 1. The molecular weight excluding hydrogens is 200 g/mol. The topological polar surface area (TPSA) is 32.3 Å². The minimum absolute atomic E-state index is 0.0511. The summed E-state index contributed by atoms with van der Waals surface area (Å²) in [5.74, 6) is 0.0511. The summed E-state index contributed by atoms with van der Waals surface area (Å²) in [6.07, 6.45) is 0. The van der Waals surface area contributed by atoms with E-state index in [-0.39, 0.29) is 11.4 Å². The van der Waals surface area contributed by atoms with Crippen molar-refractivity contribution in [2.24, 2.45) is 0 Å². The first kappa shape index (κ1) is 12.6. The Hall–Kier alpha value is -1.51. The molecule has 0 aliphatic carbocycles. The van der Waals surface area contributed by atoms with Crippen molar-refractivity contribution in [3.05, 3.63) is 29.8 Å². The second-order valence-corrected chi connectivity index (χ2v) is 4.86. The Morgan fingerprint density at radius 3 is 2.06 bits per heavy atom. The molecule has 1 N–H and O–H groups in total. The van der Waals surface area contributed by atoms with Crippen molar-refractivity contribution in [3.63, 3.8) is 0 Å². The number of hydrogen-bond donors (Lipinski definition) is 1. The molecule has 3 nitrogen and oxygen atoms in total. The summed E-state index contributed by atoms with van der Waals surface area (Å²) in [5.41, 5.74) is 1.57. The van der Waals surface area contributed by atoms with E-state index in [1.807, 2.05) is 59.1 Å². The number of nitrogens with zero attached hydrogens (tertiary/aromatic N) is 1. The van der Waals surface area contributed by atoms with E-state index in [0.717, 1.165) is 11.3 Å². The van der Waals surface area contributed by atoms with E-state index in [2.05, 4.69) is 5.32 Å². The lowest BCUT2D eigenvalue weighted by Gasteiger charge is -2.32. The highest BCUT2D eigenvalue weighted by atomic mass is 16.2. The molecule has 1 aromatic rings. The summed E-state index contributed by atoms with van der Waals surface area (Å²) in [6, 6.07) is 7.50. The minimum atomic E-state index is -0.154. The third kappa shape index (κ3) is 2.75. The van der Waals surface area contributed by atoms with E-state index in [0.29, 0.717) is 0 Å². The fourth-order valence-corrected chi connectivity index (χ4v) is 1.28. The Bertz CT molecular complexity index is 363. The van der Waals surface area contributed by atoms with E-state index in [4.69, 9.17) is 0 Å². The van der Waals surface area contributed by atoms with Gasteiger partial charge in [0.15, 0.2) is 0 Å². The lowest BCUT2D eigenvalue weighted by Crippen LogP contribution is -2.42. The van der Waals surface area contributed by atoms with Crippen molar-refractivity contribution in [1.82, 2.24) is 4.90 Å². The van der Waals surface area contributed by atoms with Gasteiger partial charge in [0, 0.05) is 30.9 Å². The van der Waals surface area contributed by atoms with Gasteiger partial charge in [0.2, 0.25) is 0 Å². The first-order chi connectivity index (χ1) is 7.36. The predicted molar refractivity (Wildman–Crippen MR) is 67.8 cm³/mol. The lowest BCUT2D eigenvalue weighted by molar-refractivity contribution is 0.0656. The van der Waals surface area contributed by atoms with E-state index in [1.54, 1.807) is 4.90 Å². The van der Waals surface area contributed by atoms with Gasteiger partial charge in [0.1, 0.15) is 0 Å². The average molecular weight is 220 g/mol. The van der Waals surface area contributed by atoms with Crippen LogP contribution in [0.3, 0.4) is 0 Å². The highest BCUT2D eigenvalue weighted by Crippen LogP contribution is 2.16. The van der Waals surface area contributed by atoms with E-state index < -0.39 is 0 Å². The molecule has 0 fully saturated rings. The molecule has 0 aliphatic heterocycles. The normalized spacial score (nSPS) is 11.1. The van der Waals surface area contributed by atoms with Crippen LogP contribution in [0, 0.1) is 0 Å². The van der Waals surface area contributed by atoms with Crippen molar-refractivity contribution in [1.29, 1.82) is 0 Å². The molecule has 0 aromatic heterocycles. The Balaban J connectivity index is 2.88. The summed E-state index contributed by atoms with van der Waals surface area (Å²) in [4.78, 5) is 13.8. The van der Waals surface area contributed by atoms with Crippen LogP contribution in [0.1, 0.15) is 31.1 Å². The van der Waals surface area contributed by atoms with Crippen molar-refractivity contribution in [2.45, 2.75) is 26.3 Å². The Morgan fingerprint density at radius 1 is 1.19 bits per heavy atom. The third-order valence-electron chi connectivity index (χ3n) is 2.73. The number of benzene rings is 1. The van der Waals surface area contributed by atoms with Gasteiger partial charge >= 0.3 is 0 Å². The van der Waals surface area contributed by atoms with Crippen LogP contribution in [0.15, 0.2) is 24.3 Å². The van der Waals surface area contributed by atoms with Crippen LogP contribution in [-0.4, -0.2) is 30.4 Å². The van der Waals surface area contributed by atoms with Gasteiger partial charge in [-0.3, -0.25) is 4.79 Å². The largest absolute Gasteiger partial charge is 0.388 e. The number of carbonyl (C=O) groups excluding carboxylic acids is 1. The van der Waals surface area contributed by atoms with Gasteiger partial charge < -0.3 is 10.2 Å². The molecule has 0 atom stereocenters. The van der Waals surface area contributed by atoms with Crippen LogP contribution in [0.5, 0.6) is 0 Å². The van der Waals surface area contributed by atoms with Gasteiger partial charge in [-0.1, -0.05) is 0 Å². The average Bonchev–Trinajstić information content (AvgIpc) is 2.26. The summed E-state index contributed by atoms with van der Waals surface area (Å²) >= 11 is 0. The second-order valence-electron chi connectivity index (χ2n) is 4.86. The molecule has 0 bridgehead atoms. The minimum Gasteiger partial charge on any atom is -0.388 e. The highest BCUT2D eigenvalue weighted by Gasteiger charge is 2.23. The molecular formula is C13H20N2O. The Kier molecular flexibility index (Phi) is 3.58. The van der Waals surface area contributed by atoms with Crippen LogP contribution in [0.25, 0.3) is 0 Å². The molecule has 88 valence electrons. The molecule has 0 spiro atoms. The zero-order valence-electron chi connectivity index (χ0n) is 10.7. The molecule has 3 heteroatoms. The van der Waals surface area contributed by atoms with E-state index in [1.165, 1.54) is 0 Å². The van der Waals surface area contributed by atoms with Crippen LogP contribution in [-0.2, 0) is 0 Å². The fourth-order valence-electron chi connectivity index (χ4n) is 1.28. The highest BCUT2D eigenvalue weighted by molar-refractivity contribution is 5.94. The lowest BCUT2D eigenvalue weighted by atomic mass is 10.1. The van der Waals surface area contributed by atoms with Gasteiger partial charge in [0.25, 0.3) is 5.91 Å². The van der Waals surface area contributed by atoms with Crippen molar-refractivity contribution >= 4 is 11.6 Å². The Morgan fingerprint density at radius 2 is 1.69 bits per heavy atom. The van der Waals surface area contributed by atoms with Crippen LogP contribution in [0.2, 0.25) is 0 Å². The molecule has 0 saturated carbocycles. The van der Waals surface area contributed by atoms with Gasteiger partial charge in [0.05, 0.1) is 0 Å². The van der Waals surface area contributed by atoms with Gasteiger partial charge in [-0.25, -0.2) is 0 Å². The van der Waals surface area contributed by atoms with Crippen LogP contribution < -0.4 is 5.32 Å². The standard InChI is InChI=1S/C13H20N2O/c1-13(2,3)15(5)12(16)10-6-8-11(14-4)9-7-10/h6-9,14H,1-5H3. The number of hydrogen-bond acceptors (Lipinski definition) is 2. The molecule has 0 radical (unpaired) electrons. The molecule has 1 aromatic carbocycles. The number of rotatable bonds is 2. The summed E-state index contributed by atoms with van der Waals surface area (Å²) < 4.78 is 0. The number of carbonyl (C=O) groups is 1. The van der Waals surface area contributed by atoms with Crippen molar-refractivity contribution in [2.75, 3.05) is 19.4 Å². The second kappa shape index (κ2) is 4.56. The zero-order chi connectivity index (χ0) is 12.3. The maximum Gasteiger partial charge on any atom is 0.254 e. The first-order valence-electron chi connectivity index (χ1n) is 5.42. The maximum atomic E-state index is 12.1. The summed E-state index contributed by atoms with van der Waals surface area (Å²) in [7, 11) is 3.69. The number of amides is 1. The summed E-state index contributed by atoms with van der Waals surface area (Å²) in [5, 5.41) is 3.03. The van der Waals surface area contributed by atoms with Gasteiger partial charge in [-0.2, -0.15) is 0 Å². The third-order valence-corrected chi connectivity index (χ3v) is 2.73. The summed E-state index contributed by atoms with van der Waals surface area (Å²) in [6.45, 7) is 6.06. The molecule has 0 heterocycles. The van der Waals surface area contributed by atoms with E-state index >= 15 is 0 Å².